The molecule has 2 aromatic carbocycles. The molecule has 0 saturated carbocycles. The molecule has 0 atom stereocenters. The van der Waals surface area contributed by atoms with E-state index < -0.39 is 0 Å². The molecule has 0 aliphatic heterocycles. The van der Waals surface area contributed by atoms with Gasteiger partial charge in [-0.3, -0.25) is 10.2 Å². The highest BCUT2D eigenvalue weighted by Crippen LogP contribution is 2.23. The molecule has 0 bridgehead atoms. The Morgan fingerprint density at radius 2 is 2.05 bits per heavy atom. The predicted octanol–water partition coefficient (Wildman–Crippen LogP) is 3.42. The summed E-state index contributed by atoms with van der Waals surface area (Å²) in [5.41, 5.74) is 1.01. The van der Waals surface area contributed by atoms with Crippen LogP contribution in [0.15, 0.2) is 42.5 Å². The van der Waals surface area contributed by atoms with Crippen molar-refractivity contribution in [2.45, 2.75) is 6.54 Å². The molecular formula is C15H11ClN2O2S. The number of benzene rings is 2. The lowest BCUT2D eigenvalue weighted by Gasteiger charge is -2.06. The molecule has 0 spiro atoms. The first kappa shape index (κ1) is 13.9. The number of aromatic hydroxyl groups is 1. The fraction of sp³-hybridized carbons (Fsp3) is 0.0667. The molecule has 1 aromatic heterocycles. The molecule has 6 heteroatoms. The van der Waals surface area contributed by atoms with Gasteiger partial charge in [0.25, 0.3) is 0 Å². The van der Waals surface area contributed by atoms with Crippen LogP contribution in [0, 0.1) is 5.41 Å². The van der Waals surface area contributed by atoms with Crippen LogP contribution in [0.4, 0.5) is 0 Å². The van der Waals surface area contributed by atoms with E-state index in [4.69, 9.17) is 17.0 Å². The molecule has 0 aliphatic rings. The zero-order valence-corrected chi connectivity index (χ0v) is 12.4. The fourth-order valence-electron chi connectivity index (χ4n) is 2.15. The van der Waals surface area contributed by atoms with Gasteiger partial charge in [0.15, 0.2) is 10.6 Å². The normalized spacial score (nSPS) is 10.9. The van der Waals surface area contributed by atoms with Gasteiger partial charge in [-0.05, 0) is 30.3 Å². The Hall–Kier alpha value is -2.11. The number of carbonyl (C=O) groups excluding carboxylic acids is 1. The quantitative estimate of drug-likeness (QED) is 0.727. The van der Waals surface area contributed by atoms with E-state index >= 15 is 0 Å². The maximum absolute atomic E-state index is 12.4. The molecule has 3 aromatic rings. The summed E-state index contributed by atoms with van der Waals surface area (Å²) < 4.78 is 2.58. The molecule has 0 aliphatic carbocycles. The number of hydrogen-bond acceptors (Lipinski definition) is 4. The minimum Gasteiger partial charge on any atom is -0.507 e. The number of thiazole rings is 1. The van der Waals surface area contributed by atoms with E-state index in [1.165, 1.54) is 29.5 Å². The molecule has 0 unspecified atom stereocenters. The van der Waals surface area contributed by atoms with Gasteiger partial charge in [0.1, 0.15) is 5.75 Å². The lowest BCUT2D eigenvalue weighted by atomic mass is 10.1. The second kappa shape index (κ2) is 5.35. The highest BCUT2D eigenvalue weighted by Gasteiger charge is 2.15. The smallest absolute Gasteiger partial charge is 0.186 e. The molecule has 2 N–H and O–H groups in total. The second-order valence-electron chi connectivity index (χ2n) is 4.55. The van der Waals surface area contributed by atoms with Gasteiger partial charge in [-0.1, -0.05) is 35.1 Å². The number of carbonyl (C=O) groups is 1. The number of fused-ring (bicyclic) bond motifs is 1. The summed E-state index contributed by atoms with van der Waals surface area (Å²) in [4.78, 5) is 12.7. The van der Waals surface area contributed by atoms with Crippen molar-refractivity contribution in [1.82, 2.24) is 4.57 Å². The Balaban J connectivity index is 2.02. The van der Waals surface area contributed by atoms with Gasteiger partial charge in [-0.2, -0.15) is 0 Å². The van der Waals surface area contributed by atoms with Crippen LogP contribution >= 0.6 is 22.9 Å². The van der Waals surface area contributed by atoms with Crippen molar-refractivity contribution in [3.63, 3.8) is 0 Å². The predicted molar refractivity (Wildman–Crippen MR) is 83.1 cm³/mol. The zero-order valence-electron chi connectivity index (χ0n) is 10.8. The van der Waals surface area contributed by atoms with E-state index in [0.717, 1.165) is 10.2 Å². The molecule has 0 fully saturated rings. The molecule has 1 heterocycles. The van der Waals surface area contributed by atoms with E-state index in [1.54, 1.807) is 4.57 Å². The van der Waals surface area contributed by atoms with E-state index in [9.17, 15) is 9.90 Å². The molecule has 4 nitrogen and oxygen atoms in total. The number of phenolic OH excluding ortho intramolecular Hbond substituents is 1. The van der Waals surface area contributed by atoms with Crippen molar-refractivity contribution in [3.05, 3.63) is 57.9 Å². The third kappa shape index (κ3) is 2.57. The number of hydrogen-bond donors (Lipinski definition) is 2. The maximum atomic E-state index is 12.4. The highest BCUT2D eigenvalue weighted by atomic mass is 35.5. The second-order valence-corrected chi connectivity index (χ2v) is 6.01. The van der Waals surface area contributed by atoms with Crippen LogP contribution in [0.2, 0.25) is 5.02 Å². The van der Waals surface area contributed by atoms with Gasteiger partial charge in [-0.15, -0.1) is 0 Å². The first-order chi connectivity index (χ1) is 10.1. The Kier molecular flexibility index (Phi) is 3.53. The molecule has 106 valence electrons. The molecule has 21 heavy (non-hydrogen) atoms. The Morgan fingerprint density at radius 1 is 1.29 bits per heavy atom. The van der Waals surface area contributed by atoms with Crippen molar-refractivity contribution >= 4 is 38.9 Å². The molecule has 0 saturated heterocycles. The first-order valence-corrected chi connectivity index (χ1v) is 7.40. The monoisotopic (exact) mass is 318 g/mol. The van der Waals surface area contributed by atoms with Crippen molar-refractivity contribution < 1.29 is 9.90 Å². The SMILES string of the molecule is N=c1sc2ccccc2n1CC(=O)c1cc(Cl)ccc1O. The molecule has 3 rings (SSSR count). The minimum atomic E-state index is -0.281. The number of rotatable bonds is 3. The van der Waals surface area contributed by atoms with Gasteiger partial charge in [-0.25, -0.2) is 0 Å². The number of ketones is 1. The molecule has 0 radical (unpaired) electrons. The highest BCUT2D eigenvalue weighted by molar-refractivity contribution is 7.16. The lowest BCUT2D eigenvalue weighted by molar-refractivity contribution is 0.0970. The lowest BCUT2D eigenvalue weighted by Crippen LogP contribution is -2.19. The van der Waals surface area contributed by atoms with E-state index in [2.05, 4.69) is 0 Å². The maximum Gasteiger partial charge on any atom is 0.186 e. The van der Waals surface area contributed by atoms with Crippen LogP contribution in [0.1, 0.15) is 10.4 Å². The van der Waals surface area contributed by atoms with Crippen LogP contribution < -0.4 is 4.80 Å². The number of para-hydroxylation sites is 1. The number of nitrogens with one attached hydrogen (secondary N) is 1. The van der Waals surface area contributed by atoms with Gasteiger partial charge < -0.3 is 9.67 Å². The Morgan fingerprint density at radius 3 is 2.86 bits per heavy atom. The van der Waals surface area contributed by atoms with Gasteiger partial charge in [0.2, 0.25) is 0 Å². The topological polar surface area (TPSA) is 66.1 Å². The number of Topliss-reactive ketones (excluding diaryl/α,β-unsaturated/α-hetero) is 1. The standard InChI is InChI=1S/C15H11ClN2O2S/c16-9-5-6-12(19)10(7-9)13(20)8-18-11-3-1-2-4-14(11)21-15(18)17/h1-7,17,19H,8H2. The van der Waals surface area contributed by atoms with Crippen molar-refractivity contribution in [2.24, 2.45) is 0 Å². The summed E-state index contributed by atoms with van der Waals surface area (Å²) in [5, 5.41) is 18.2. The average molecular weight is 319 g/mol. The summed E-state index contributed by atoms with van der Waals surface area (Å²) in [6.07, 6.45) is 0. The van der Waals surface area contributed by atoms with Crippen molar-refractivity contribution in [1.29, 1.82) is 5.41 Å². The Labute approximate surface area is 129 Å². The minimum absolute atomic E-state index is 0.00323. The van der Waals surface area contributed by atoms with Crippen LogP contribution in [0.25, 0.3) is 10.2 Å². The van der Waals surface area contributed by atoms with Crippen LogP contribution in [-0.4, -0.2) is 15.5 Å². The number of halogens is 1. The molecule has 0 amide bonds. The van der Waals surface area contributed by atoms with E-state index in [-0.39, 0.29) is 23.6 Å². The zero-order chi connectivity index (χ0) is 15.0. The fourth-order valence-corrected chi connectivity index (χ4v) is 3.24. The van der Waals surface area contributed by atoms with Gasteiger partial charge in [0, 0.05) is 5.02 Å². The Bertz CT molecular complexity index is 898. The summed E-state index contributed by atoms with van der Waals surface area (Å²) in [6, 6.07) is 11.9. The third-order valence-corrected chi connectivity index (χ3v) is 4.38. The van der Waals surface area contributed by atoms with Gasteiger partial charge >= 0.3 is 0 Å². The number of phenols is 1. The van der Waals surface area contributed by atoms with E-state index in [1.807, 2.05) is 24.3 Å². The summed E-state index contributed by atoms with van der Waals surface area (Å²) >= 11 is 7.18. The van der Waals surface area contributed by atoms with Crippen LogP contribution in [0.5, 0.6) is 5.75 Å². The summed E-state index contributed by atoms with van der Waals surface area (Å²) in [5.74, 6) is -0.381. The summed E-state index contributed by atoms with van der Waals surface area (Å²) in [6.45, 7) is -0.00323. The van der Waals surface area contributed by atoms with E-state index in [0.29, 0.717) is 9.82 Å². The van der Waals surface area contributed by atoms with Crippen molar-refractivity contribution in [3.8, 4) is 5.75 Å². The van der Waals surface area contributed by atoms with Crippen LogP contribution in [-0.2, 0) is 6.54 Å². The number of nitrogens with zero attached hydrogens (tertiary/aromatic N) is 1. The van der Waals surface area contributed by atoms with Crippen molar-refractivity contribution in [2.75, 3.05) is 0 Å². The largest absolute Gasteiger partial charge is 0.507 e. The summed E-state index contributed by atoms with van der Waals surface area (Å²) in [7, 11) is 0. The molecular weight excluding hydrogens is 308 g/mol. The van der Waals surface area contributed by atoms with Gasteiger partial charge in [0.05, 0.1) is 22.3 Å². The average Bonchev–Trinajstić information content (AvgIpc) is 2.78. The third-order valence-electron chi connectivity index (χ3n) is 3.17. The first-order valence-electron chi connectivity index (χ1n) is 6.21. The van der Waals surface area contributed by atoms with Crippen LogP contribution in [0.3, 0.4) is 0 Å². The number of aromatic nitrogens is 1.